The zero-order valence-corrected chi connectivity index (χ0v) is 18.0. The van der Waals surface area contributed by atoms with Crippen molar-refractivity contribution in [2.45, 2.75) is 12.8 Å². The van der Waals surface area contributed by atoms with E-state index in [9.17, 15) is 14.4 Å². The quantitative estimate of drug-likeness (QED) is 0.461. The zero-order valence-electron chi connectivity index (χ0n) is 15.6. The van der Waals surface area contributed by atoms with Crippen molar-refractivity contribution in [3.8, 4) is 0 Å². The van der Waals surface area contributed by atoms with Crippen molar-refractivity contribution >= 4 is 69.4 Å². The van der Waals surface area contributed by atoms with Gasteiger partial charge in [-0.15, -0.1) is 0 Å². The molecule has 1 heterocycles. The number of thioether (sulfide) groups is 1. The summed E-state index contributed by atoms with van der Waals surface area (Å²) in [5.41, 5.74) is 1.40. The van der Waals surface area contributed by atoms with E-state index >= 15 is 0 Å². The molecule has 0 aromatic heterocycles. The number of rotatable bonds is 7. The molecule has 154 valence electrons. The van der Waals surface area contributed by atoms with Crippen LogP contribution in [0.1, 0.15) is 28.8 Å². The van der Waals surface area contributed by atoms with Gasteiger partial charge in [-0.05, 0) is 48.4 Å². The number of nitrogens with one attached hydrogen (secondary N) is 1. The highest BCUT2D eigenvalue weighted by molar-refractivity contribution is 8.26. The number of carboxylic acids is 1. The topological polar surface area (TPSA) is 86.7 Å². The summed E-state index contributed by atoms with van der Waals surface area (Å²) in [4.78, 5) is 37.6. The Balaban J connectivity index is 1.52. The molecule has 2 aromatic rings. The first kappa shape index (κ1) is 22.0. The number of carbonyl (C=O) groups is 3. The van der Waals surface area contributed by atoms with Crippen molar-refractivity contribution in [2.24, 2.45) is 0 Å². The van der Waals surface area contributed by atoms with E-state index in [4.69, 9.17) is 28.9 Å². The number of hydrogen-bond donors (Lipinski definition) is 2. The largest absolute Gasteiger partial charge is 0.478 e. The number of anilines is 1. The first-order valence-electron chi connectivity index (χ1n) is 8.98. The second kappa shape index (κ2) is 9.88. The van der Waals surface area contributed by atoms with Gasteiger partial charge in [-0.25, -0.2) is 4.79 Å². The average molecular weight is 461 g/mol. The first-order valence-corrected chi connectivity index (χ1v) is 10.6. The molecule has 2 N–H and O–H groups in total. The third-order valence-corrected chi connectivity index (χ3v) is 5.99. The summed E-state index contributed by atoms with van der Waals surface area (Å²) in [7, 11) is 0. The van der Waals surface area contributed by atoms with Crippen LogP contribution in [0.5, 0.6) is 0 Å². The van der Waals surface area contributed by atoms with Crippen LogP contribution in [0.15, 0.2) is 53.4 Å². The van der Waals surface area contributed by atoms with E-state index in [0.29, 0.717) is 32.9 Å². The number of hydrogen-bond acceptors (Lipinski definition) is 5. The molecule has 0 unspecified atom stereocenters. The smallest absolute Gasteiger partial charge is 0.335 e. The van der Waals surface area contributed by atoms with Crippen LogP contribution >= 0.6 is 35.6 Å². The molecule has 6 nitrogen and oxygen atoms in total. The minimum Gasteiger partial charge on any atom is -0.478 e. The van der Waals surface area contributed by atoms with Gasteiger partial charge >= 0.3 is 5.97 Å². The summed E-state index contributed by atoms with van der Waals surface area (Å²) in [6.45, 7) is 0.329. The molecule has 9 heteroatoms. The maximum Gasteiger partial charge on any atom is 0.335 e. The van der Waals surface area contributed by atoms with E-state index in [1.165, 1.54) is 40.9 Å². The fourth-order valence-corrected chi connectivity index (χ4v) is 4.23. The summed E-state index contributed by atoms with van der Waals surface area (Å²) in [6.07, 6.45) is 2.35. The molecule has 1 saturated heterocycles. The predicted molar refractivity (Wildman–Crippen MR) is 123 cm³/mol. The minimum absolute atomic E-state index is 0.146. The molecule has 1 aliphatic heterocycles. The van der Waals surface area contributed by atoms with Crippen molar-refractivity contribution in [1.82, 2.24) is 4.90 Å². The SMILES string of the molecule is O=C(CCCN1C(=O)/C(=C/c2ccccc2Cl)SC1=S)Nc1ccc(C(=O)O)cc1. The molecule has 0 atom stereocenters. The van der Waals surface area contributed by atoms with Gasteiger partial charge in [-0.3, -0.25) is 14.5 Å². The van der Waals surface area contributed by atoms with Crippen LogP contribution in [0.3, 0.4) is 0 Å². The molecule has 2 aromatic carbocycles. The summed E-state index contributed by atoms with van der Waals surface area (Å²) in [5, 5.41) is 12.1. The second-order valence-electron chi connectivity index (χ2n) is 6.39. The molecule has 0 aliphatic carbocycles. The second-order valence-corrected chi connectivity index (χ2v) is 8.47. The monoisotopic (exact) mass is 460 g/mol. The van der Waals surface area contributed by atoms with E-state index in [2.05, 4.69) is 5.32 Å². The molecule has 30 heavy (non-hydrogen) atoms. The van der Waals surface area contributed by atoms with Gasteiger partial charge in [0, 0.05) is 23.7 Å². The number of nitrogens with zero attached hydrogens (tertiary/aromatic N) is 1. The molecular weight excluding hydrogens is 444 g/mol. The Morgan fingerprint density at radius 1 is 1.17 bits per heavy atom. The van der Waals surface area contributed by atoms with Crippen LogP contribution in [0.4, 0.5) is 5.69 Å². The fraction of sp³-hybridized carbons (Fsp3) is 0.143. The summed E-state index contributed by atoms with van der Waals surface area (Å²) in [6, 6.07) is 13.1. The number of thiocarbonyl (C=S) groups is 1. The molecule has 2 amide bonds. The Morgan fingerprint density at radius 2 is 1.87 bits per heavy atom. The van der Waals surface area contributed by atoms with Gasteiger partial charge in [0.1, 0.15) is 4.32 Å². The Bertz CT molecular complexity index is 1040. The molecular formula is C21H17ClN2O4S2. The Morgan fingerprint density at radius 3 is 2.53 bits per heavy atom. The number of aromatic carboxylic acids is 1. The van der Waals surface area contributed by atoms with E-state index < -0.39 is 5.97 Å². The standard InChI is InChI=1S/C21H17ClN2O4S2/c22-16-5-2-1-4-14(16)12-17-19(26)24(21(29)30-17)11-3-6-18(25)23-15-9-7-13(8-10-15)20(27)28/h1-2,4-5,7-10,12H,3,6,11H2,(H,23,25)(H,27,28)/b17-12-. The van der Waals surface area contributed by atoms with Crippen molar-refractivity contribution in [1.29, 1.82) is 0 Å². The van der Waals surface area contributed by atoms with Crippen LogP contribution in [0.2, 0.25) is 5.02 Å². The lowest BCUT2D eigenvalue weighted by Crippen LogP contribution is -2.29. The maximum absolute atomic E-state index is 12.6. The Labute approximate surface area is 187 Å². The predicted octanol–water partition coefficient (Wildman–Crippen LogP) is 4.66. The van der Waals surface area contributed by atoms with Crippen molar-refractivity contribution < 1.29 is 19.5 Å². The lowest BCUT2D eigenvalue weighted by molar-refractivity contribution is -0.122. The van der Waals surface area contributed by atoms with Crippen molar-refractivity contribution in [2.75, 3.05) is 11.9 Å². The van der Waals surface area contributed by atoms with Crippen molar-refractivity contribution in [3.05, 3.63) is 69.6 Å². The Kier molecular flexibility index (Phi) is 7.25. The number of amides is 2. The lowest BCUT2D eigenvalue weighted by Gasteiger charge is -2.14. The molecule has 1 aliphatic rings. The average Bonchev–Trinajstić information content (AvgIpc) is 2.97. The fourth-order valence-electron chi connectivity index (χ4n) is 2.74. The van der Waals surface area contributed by atoms with Gasteiger partial charge in [0.05, 0.1) is 10.5 Å². The van der Waals surface area contributed by atoms with Gasteiger partial charge in [-0.1, -0.05) is 53.8 Å². The van der Waals surface area contributed by atoms with Crippen LogP contribution in [0, 0.1) is 0 Å². The van der Waals surface area contributed by atoms with E-state index in [-0.39, 0.29) is 23.8 Å². The highest BCUT2D eigenvalue weighted by Crippen LogP contribution is 2.33. The van der Waals surface area contributed by atoms with Crippen LogP contribution < -0.4 is 5.32 Å². The Hall–Kier alpha value is -2.68. The van der Waals surface area contributed by atoms with E-state index in [1.54, 1.807) is 12.1 Å². The molecule has 0 spiro atoms. The van der Waals surface area contributed by atoms with Crippen molar-refractivity contribution in [3.63, 3.8) is 0 Å². The highest BCUT2D eigenvalue weighted by Gasteiger charge is 2.31. The normalized spacial score (nSPS) is 15.0. The molecule has 0 saturated carbocycles. The number of halogens is 1. The van der Waals surface area contributed by atoms with E-state index in [0.717, 1.165) is 5.56 Å². The molecule has 1 fully saturated rings. The van der Waals surface area contributed by atoms with Crippen LogP contribution in [0.25, 0.3) is 6.08 Å². The van der Waals surface area contributed by atoms with Gasteiger partial charge in [0.25, 0.3) is 5.91 Å². The number of carboxylic acid groups (broad SMARTS) is 1. The first-order chi connectivity index (χ1) is 14.3. The van der Waals surface area contributed by atoms with Crippen LogP contribution in [-0.4, -0.2) is 38.7 Å². The highest BCUT2D eigenvalue weighted by atomic mass is 35.5. The third kappa shape index (κ3) is 5.47. The van der Waals surface area contributed by atoms with E-state index in [1.807, 2.05) is 18.2 Å². The van der Waals surface area contributed by atoms with Gasteiger partial charge < -0.3 is 10.4 Å². The summed E-state index contributed by atoms with van der Waals surface area (Å²) in [5.74, 6) is -1.45. The van der Waals surface area contributed by atoms with Gasteiger partial charge in [-0.2, -0.15) is 0 Å². The molecule has 0 radical (unpaired) electrons. The summed E-state index contributed by atoms with van der Waals surface area (Å²) < 4.78 is 0.447. The van der Waals surface area contributed by atoms with Gasteiger partial charge in [0.15, 0.2) is 0 Å². The molecule has 0 bridgehead atoms. The number of benzene rings is 2. The van der Waals surface area contributed by atoms with Gasteiger partial charge in [0.2, 0.25) is 5.91 Å². The number of carbonyl (C=O) groups excluding carboxylic acids is 2. The lowest BCUT2D eigenvalue weighted by atomic mass is 10.2. The molecule has 3 rings (SSSR count). The minimum atomic E-state index is -1.03. The zero-order chi connectivity index (χ0) is 21.7. The van der Waals surface area contributed by atoms with Crippen LogP contribution in [-0.2, 0) is 9.59 Å². The summed E-state index contributed by atoms with van der Waals surface area (Å²) >= 11 is 12.7. The third-order valence-electron chi connectivity index (χ3n) is 4.27. The maximum atomic E-state index is 12.6.